The molecule has 14 heavy (non-hydrogen) atoms. The van der Waals surface area contributed by atoms with Gasteiger partial charge in [-0.2, -0.15) is 5.26 Å². The molecule has 0 aliphatic rings. The average Bonchev–Trinajstić information content (AvgIpc) is 2.86. The average molecular weight is 217 g/mol. The van der Waals surface area contributed by atoms with Crippen molar-refractivity contribution in [2.45, 2.75) is 0 Å². The molecule has 0 fully saturated rings. The number of allylic oxidation sites excluding steroid dienone is 1. The summed E-state index contributed by atoms with van der Waals surface area (Å²) in [5, 5.41) is 13.0. The molecule has 0 radical (unpaired) electrons. The summed E-state index contributed by atoms with van der Waals surface area (Å²) in [6.07, 6.45) is 1.93. The number of hydrogen-bond donors (Lipinski definition) is 0. The van der Waals surface area contributed by atoms with Crippen LogP contribution < -0.4 is 0 Å². The zero-order chi connectivity index (χ0) is 9.80. The molecule has 0 saturated carbocycles. The fourth-order valence-corrected chi connectivity index (χ4v) is 2.46. The lowest BCUT2D eigenvalue weighted by Gasteiger charge is -1.91. The van der Waals surface area contributed by atoms with Crippen LogP contribution in [0.2, 0.25) is 0 Å². The van der Waals surface area contributed by atoms with E-state index in [9.17, 15) is 0 Å². The third kappa shape index (κ3) is 1.92. The van der Waals surface area contributed by atoms with Crippen LogP contribution in [0.1, 0.15) is 9.75 Å². The van der Waals surface area contributed by atoms with Gasteiger partial charge in [0.25, 0.3) is 0 Å². The first-order chi connectivity index (χ1) is 6.90. The standard InChI is InChI=1S/C11H7NS2/c12-8-9(11-4-2-6-14-11)7-10-3-1-5-13-10/h1-7H. The first-order valence-corrected chi connectivity index (χ1v) is 5.85. The van der Waals surface area contributed by atoms with Crippen LogP contribution in [0.4, 0.5) is 0 Å². The molecule has 2 heterocycles. The second-order valence-corrected chi connectivity index (χ2v) is 4.59. The lowest BCUT2D eigenvalue weighted by atomic mass is 10.2. The Morgan fingerprint density at radius 3 is 2.57 bits per heavy atom. The highest BCUT2D eigenvalue weighted by Crippen LogP contribution is 2.23. The fourth-order valence-electron chi connectivity index (χ4n) is 1.11. The number of rotatable bonds is 2. The van der Waals surface area contributed by atoms with E-state index in [1.54, 1.807) is 22.7 Å². The van der Waals surface area contributed by atoms with Gasteiger partial charge in [-0.15, -0.1) is 22.7 Å². The van der Waals surface area contributed by atoms with Crippen molar-refractivity contribution in [1.82, 2.24) is 0 Å². The smallest absolute Gasteiger partial charge is 0.101 e. The molecule has 0 N–H and O–H groups in total. The second-order valence-electron chi connectivity index (χ2n) is 2.66. The molecule has 0 aromatic carbocycles. The minimum absolute atomic E-state index is 0.738. The van der Waals surface area contributed by atoms with Crippen LogP contribution in [0.3, 0.4) is 0 Å². The highest BCUT2D eigenvalue weighted by atomic mass is 32.1. The first-order valence-electron chi connectivity index (χ1n) is 4.09. The molecule has 0 atom stereocenters. The maximum atomic E-state index is 8.99. The maximum Gasteiger partial charge on any atom is 0.101 e. The van der Waals surface area contributed by atoms with Crippen LogP contribution in [-0.2, 0) is 0 Å². The van der Waals surface area contributed by atoms with Gasteiger partial charge in [-0.25, -0.2) is 0 Å². The molecule has 68 valence electrons. The number of hydrogen-bond acceptors (Lipinski definition) is 3. The van der Waals surface area contributed by atoms with Crippen molar-refractivity contribution >= 4 is 34.3 Å². The minimum Gasteiger partial charge on any atom is -0.192 e. The molecule has 0 saturated heterocycles. The second kappa shape index (κ2) is 4.23. The molecule has 0 spiro atoms. The molecular weight excluding hydrogens is 210 g/mol. The summed E-state index contributed by atoms with van der Waals surface area (Å²) in [7, 11) is 0. The molecule has 0 aliphatic heterocycles. The van der Waals surface area contributed by atoms with Crippen molar-refractivity contribution in [2.75, 3.05) is 0 Å². The van der Waals surface area contributed by atoms with Gasteiger partial charge in [0, 0.05) is 9.75 Å². The van der Waals surface area contributed by atoms with Crippen molar-refractivity contribution in [3.8, 4) is 6.07 Å². The Labute approximate surface area is 90.6 Å². The molecule has 0 aliphatic carbocycles. The molecule has 0 unspecified atom stereocenters. The molecule has 3 heteroatoms. The van der Waals surface area contributed by atoms with Crippen molar-refractivity contribution in [2.24, 2.45) is 0 Å². The molecule has 2 aromatic rings. The molecule has 2 aromatic heterocycles. The largest absolute Gasteiger partial charge is 0.192 e. The van der Waals surface area contributed by atoms with Crippen LogP contribution in [0.5, 0.6) is 0 Å². The van der Waals surface area contributed by atoms with Gasteiger partial charge in [0.2, 0.25) is 0 Å². The lowest BCUT2D eigenvalue weighted by Crippen LogP contribution is -1.72. The predicted molar refractivity (Wildman–Crippen MR) is 62.1 cm³/mol. The normalized spacial score (nSPS) is 11.2. The van der Waals surface area contributed by atoms with Gasteiger partial charge in [-0.3, -0.25) is 0 Å². The van der Waals surface area contributed by atoms with Gasteiger partial charge in [-0.05, 0) is 29.0 Å². The van der Waals surface area contributed by atoms with Crippen molar-refractivity contribution < 1.29 is 0 Å². The Kier molecular flexibility index (Phi) is 2.78. The van der Waals surface area contributed by atoms with Crippen molar-refractivity contribution in [1.29, 1.82) is 5.26 Å². The Hall–Kier alpha value is -1.37. The van der Waals surface area contributed by atoms with E-state index in [1.807, 2.05) is 41.1 Å². The van der Waals surface area contributed by atoms with Gasteiger partial charge in [0.05, 0.1) is 5.57 Å². The Morgan fingerprint density at radius 2 is 2.00 bits per heavy atom. The minimum atomic E-state index is 0.738. The van der Waals surface area contributed by atoms with Gasteiger partial charge in [0.15, 0.2) is 0 Å². The number of nitriles is 1. The quantitative estimate of drug-likeness (QED) is 0.700. The van der Waals surface area contributed by atoms with Crippen molar-refractivity contribution in [3.05, 3.63) is 44.8 Å². The van der Waals surface area contributed by atoms with E-state index in [0.717, 1.165) is 15.3 Å². The summed E-state index contributed by atoms with van der Waals surface area (Å²) in [5.41, 5.74) is 0.738. The zero-order valence-corrected chi connectivity index (χ0v) is 8.94. The monoisotopic (exact) mass is 217 g/mol. The molecule has 0 bridgehead atoms. The summed E-state index contributed by atoms with van der Waals surface area (Å²) in [4.78, 5) is 2.15. The Balaban J connectivity index is 2.37. The first kappa shape index (κ1) is 9.20. The molecule has 2 rings (SSSR count). The molecular formula is C11H7NS2. The Morgan fingerprint density at radius 1 is 1.21 bits per heavy atom. The van der Waals surface area contributed by atoms with E-state index in [0.29, 0.717) is 0 Å². The van der Waals surface area contributed by atoms with E-state index in [-0.39, 0.29) is 0 Å². The molecule has 1 nitrogen and oxygen atoms in total. The van der Waals surface area contributed by atoms with E-state index in [2.05, 4.69) is 6.07 Å². The van der Waals surface area contributed by atoms with E-state index >= 15 is 0 Å². The van der Waals surface area contributed by atoms with Crippen LogP contribution in [0.25, 0.3) is 11.6 Å². The van der Waals surface area contributed by atoms with Crippen LogP contribution >= 0.6 is 22.7 Å². The van der Waals surface area contributed by atoms with Crippen molar-refractivity contribution in [3.63, 3.8) is 0 Å². The summed E-state index contributed by atoms with van der Waals surface area (Å²) < 4.78 is 0. The summed E-state index contributed by atoms with van der Waals surface area (Å²) in [6.45, 7) is 0. The summed E-state index contributed by atoms with van der Waals surface area (Å²) >= 11 is 3.23. The van der Waals surface area contributed by atoms with E-state index < -0.39 is 0 Å². The van der Waals surface area contributed by atoms with Gasteiger partial charge in [-0.1, -0.05) is 12.1 Å². The summed E-state index contributed by atoms with van der Waals surface area (Å²) in [6, 6.07) is 10.1. The number of thiophene rings is 2. The van der Waals surface area contributed by atoms with Gasteiger partial charge < -0.3 is 0 Å². The SMILES string of the molecule is N#CC(=Cc1cccs1)c1cccs1. The molecule has 0 amide bonds. The topological polar surface area (TPSA) is 23.8 Å². The number of nitrogens with zero attached hydrogens (tertiary/aromatic N) is 1. The third-order valence-corrected chi connectivity index (χ3v) is 3.46. The lowest BCUT2D eigenvalue weighted by molar-refractivity contribution is 1.54. The predicted octanol–water partition coefficient (Wildman–Crippen LogP) is 3.87. The highest BCUT2D eigenvalue weighted by molar-refractivity contribution is 7.12. The van der Waals surface area contributed by atoms with E-state index in [1.165, 1.54) is 0 Å². The zero-order valence-electron chi connectivity index (χ0n) is 7.31. The van der Waals surface area contributed by atoms with E-state index in [4.69, 9.17) is 5.26 Å². The van der Waals surface area contributed by atoms with Gasteiger partial charge in [0.1, 0.15) is 6.07 Å². The fraction of sp³-hybridized carbons (Fsp3) is 0. The Bertz CT molecular complexity index is 458. The maximum absolute atomic E-state index is 8.99. The van der Waals surface area contributed by atoms with Crippen LogP contribution in [0, 0.1) is 11.3 Å². The van der Waals surface area contributed by atoms with Crippen LogP contribution in [0.15, 0.2) is 35.0 Å². The van der Waals surface area contributed by atoms with Crippen LogP contribution in [-0.4, -0.2) is 0 Å². The third-order valence-electron chi connectivity index (χ3n) is 1.74. The summed E-state index contributed by atoms with van der Waals surface area (Å²) in [5.74, 6) is 0. The highest BCUT2D eigenvalue weighted by Gasteiger charge is 2.01. The van der Waals surface area contributed by atoms with Gasteiger partial charge >= 0.3 is 0 Å².